The molecule has 29 heavy (non-hydrogen) atoms. The first-order valence-electron chi connectivity index (χ1n) is 10.9. The lowest BCUT2D eigenvalue weighted by atomic mass is 9.69. The molecule has 0 radical (unpaired) electrons. The van der Waals surface area contributed by atoms with Gasteiger partial charge in [-0.1, -0.05) is 57.5 Å². The molecule has 1 aromatic heterocycles. The lowest BCUT2D eigenvalue weighted by molar-refractivity contribution is 0.0467. The fourth-order valence-electron chi connectivity index (χ4n) is 4.44. The number of rotatable bonds is 8. The van der Waals surface area contributed by atoms with Crippen LogP contribution in [-0.2, 0) is 11.4 Å². The van der Waals surface area contributed by atoms with E-state index in [0.29, 0.717) is 18.1 Å². The van der Waals surface area contributed by atoms with E-state index in [1.54, 1.807) is 7.11 Å². The summed E-state index contributed by atoms with van der Waals surface area (Å²) in [7, 11) is 1.71. The number of anilines is 1. The molecule has 4 nitrogen and oxygen atoms in total. The molecule has 2 aromatic rings. The normalized spacial score (nSPS) is 19.8. The maximum Gasteiger partial charge on any atom is 0.165 e. The maximum absolute atomic E-state index is 6.42. The number of aryl methyl sites for hydroxylation is 1. The average molecular weight is 397 g/mol. The van der Waals surface area contributed by atoms with Gasteiger partial charge in [0.25, 0.3) is 0 Å². The summed E-state index contributed by atoms with van der Waals surface area (Å²) in [6.45, 7) is 9.67. The number of pyridine rings is 1. The summed E-state index contributed by atoms with van der Waals surface area (Å²) < 4.78 is 5.71. The van der Waals surface area contributed by atoms with Crippen LogP contribution >= 0.6 is 0 Å². The van der Waals surface area contributed by atoms with Crippen molar-refractivity contribution in [2.45, 2.75) is 72.4 Å². The summed E-state index contributed by atoms with van der Waals surface area (Å²) in [6, 6.07) is 12.7. The predicted octanol–water partition coefficient (Wildman–Crippen LogP) is 6.33. The molecule has 1 aliphatic carbocycles. The largest absolute Gasteiger partial charge is 0.493 e. The monoisotopic (exact) mass is 396 g/mol. The molecule has 1 heterocycles. The highest BCUT2D eigenvalue weighted by Crippen LogP contribution is 2.43. The smallest absolute Gasteiger partial charge is 0.165 e. The van der Waals surface area contributed by atoms with Crippen molar-refractivity contribution >= 4 is 5.69 Å². The van der Waals surface area contributed by atoms with E-state index in [0.717, 1.165) is 35.9 Å². The lowest BCUT2D eigenvalue weighted by Gasteiger charge is -2.42. The molecule has 0 atom stereocenters. The van der Waals surface area contributed by atoms with Crippen LogP contribution < -0.4 is 9.80 Å². The van der Waals surface area contributed by atoms with Gasteiger partial charge in [0.15, 0.2) is 5.75 Å². The van der Waals surface area contributed by atoms with Crippen molar-refractivity contribution in [3.63, 3.8) is 0 Å². The second-order valence-corrected chi connectivity index (χ2v) is 8.88. The van der Waals surface area contributed by atoms with Gasteiger partial charge < -0.3 is 4.74 Å². The molecule has 0 bridgehead atoms. The first kappa shape index (κ1) is 21.6. The zero-order valence-corrected chi connectivity index (χ0v) is 18.6. The van der Waals surface area contributed by atoms with Crippen molar-refractivity contribution in [2.75, 3.05) is 12.2 Å². The summed E-state index contributed by atoms with van der Waals surface area (Å²) in [6.07, 6.45) is 7.82. The number of hydrogen-bond acceptors (Lipinski definition) is 4. The zero-order chi connectivity index (χ0) is 20.9. The van der Waals surface area contributed by atoms with Gasteiger partial charge in [-0.2, -0.15) is 0 Å². The zero-order valence-electron chi connectivity index (χ0n) is 18.6. The number of aromatic nitrogens is 1. The third kappa shape index (κ3) is 5.11. The van der Waals surface area contributed by atoms with Crippen molar-refractivity contribution in [1.82, 2.24) is 4.98 Å². The highest BCUT2D eigenvalue weighted by atomic mass is 16.7. The van der Waals surface area contributed by atoms with Crippen molar-refractivity contribution in [1.29, 1.82) is 0 Å². The number of ether oxygens (including phenoxy) is 1. The molecule has 1 aromatic carbocycles. The minimum absolute atomic E-state index is 0.346. The number of methoxy groups -OCH3 is 1. The van der Waals surface area contributed by atoms with Gasteiger partial charge in [0.05, 0.1) is 25.5 Å². The van der Waals surface area contributed by atoms with Crippen LogP contribution in [0.3, 0.4) is 0 Å². The summed E-state index contributed by atoms with van der Waals surface area (Å²) in [5, 5.41) is 2.11. The third-order valence-electron chi connectivity index (χ3n) is 6.76. The Bertz CT molecular complexity index is 768. The molecule has 0 unspecified atom stereocenters. The fourth-order valence-corrected chi connectivity index (χ4v) is 4.44. The molecule has 3 rings (SSSR count). The van der Waals surface area contributed by atoms with E-state index in [1.807, 2.05) is 25.3 Å². The van der Waals surface area contributed by atoms with Crippen LogP contribution in [-0.4, -0.2) is 18.1 Å². The Morgan fingerprint density at radius 1 is 1.07 bits per heavy atom. The number of nitrogens with zero attached hydrogens (tertiary/aromatic N) is 2. The van der Waals surface area contributed by atoms with Crippen molar-refractivity contribution in [3.8, 4) is 5.75 Å². The Morgan fingerprint density at radius 2 is 1.76 bits per heavy atom. The number of benzene rings is 1. The highest BCUT2D eigenvalue weighted by molar-refractivity contribution is 5.58. The molecule has 1 fully saturated rings. The van der Waals surface area contributed by atoms with E-state index in [-0.39, 0.29) is 0 Å². The van der Waals surface area contributed by atoms with Gasteiger partial charge in [0, 0.05) is 6.20 Å². The van der Waals surface area contributed by atoms with Gasteiger partial charge in [-0.15, -0.1) is 0 Å². The minimum atomic E-state index is 0.346. The molecule has 1 saturated carbocycles. The molecular weight excluding hydrogens is 360 g/mol. The number of hydrogen-bond donors (Lipinski definition) is 0. The quantitative estimate of drug-likeness (QED) is 0.488. The Kier molecular flexibility index (Phi) is 7.18. The SMILES string of the molecule is CCC(C)(C)C1CCC(N(OCc2ccccc2)c2ccnc(C)c2OC)CC1. The van der Waals surface area contributed by atoms with Gasteiger partial charge in [0.2, 0.25) is 0 Å². The molecule has 0 spiro atoms. The summed E-state index contributed by atoms with van der Waals surface area (Å²) >= 11 is 0. The van der Waals surface area contributed by atoms with E-state index >= 15 is 0 Å². The van der Waals surface area contributed by atoms with E-state index < -0.39 is 0 Å². The topological polar surface area (TPSA) is 34.6 Å². The van der Waals surface area contributed by atoms with Crippen LogP contribution in [0, 0.1) is 18.3 Å². The molecule has 158 valence electrons. The second kappa shape index (κ2) is 9.62. The summed E-state index contributed by atoms with van der Waals surface area (Å²) in [5.74, 6) is 1.58. The minimum Gasteiger partial charge on any atom is -0.493 e. The molecular formula is C25H36N2O2. The third-order valence-corrected chi connectivity index (χ3v) is 6.76. The lowest BCUT2D eigenvalue weighted by Crippen LogP contribution is -2.40. The fraction of sp³-hybridized carbons (Fsp3) is 0.560. The molecule has 4 heteroatoms. The average Bonchev–Trinajstić information content (AvgIpc) is 2.75. The molecule has 0 N–H and O–H groups in total. The van der Waals surface area contributed by atoms with Gasteiger partial charge in [-0.25, -0.2) is 5.06 Å². The van der Waals surface area contributed by atoms with Crippen molar-refractivity contribution in [3.05, 3.63) is 53.9 Å². The Hall–Kier alpha value is -2.07. The second-order valence-electron chi connectivity index (χ2n) is 8.88. The van der Waals surface area contributed by atoms with Crippen molar-refractivity contribution < 1.29 is 9.57 Å². The van der Waals surface area contributed by atoms with E-state index in [2.05, 4.69) is 55.1 Å². The van der Waals surface area contributed by atoms with Crippen LogP contribution in [0.15, 0.2) is 42.6 Å². The molecule has 0 saturated heterocycles. The summed E-state index contributed by atoms with van der Waals surface area (Å²) in [5.41, 5.74) is 3.45. The van der Waals surface area contributed by atoms with Crippen LogP contribution in [0.4, 0.5) is 5.69 Å². The van der Waals surface area contributed by atoms with Gasteiger partial charge in [-0.3, -0.25) is 9.82 Å². The molecule has 1 aliphatic rings. The summed E-state index contributed by atoms with van der Waals surface area (Å²) in [4.78, 5) is 10.8. The first-order valence-corrected chi connectivity index (χ1v) is 10.9. The highest BCUT2D eigenvalue weighted by Gasteiger charge is 2.35. The first-order chi connectivity index (χ1) is 14.0. The number of hydroxylamine groups is 1. The van der Waals surface area contributed by atoms with Crippen molar-refractivity contribution in [2.24, 2.45) is 11.3 Å². The van der Waals surface area contributed by atoms with E-state index in [1.165, 1.54) is 24.8 Å². The Labute approximate surface area is 176 Å². The predicted molar refractivity (Wildman–Crippen MR) is 119 cm³/mol. The van der Waals surface area contributed by atoms with Crippen LogP contribution in [0.1, 0.15) is 64.1 Å². The van der Waals surface area contributed by atoms with Crippen LogP contribution in [0.5, 0.6) is 5.75 Å². The van der Waals surface area contributed by atoms with E-state index in [4.69, 9.17) is 9.57 Å². The van der Waals surface area contributed by atoms with Crippen LogP contribution in [0.2, 0.25) is 0 Å². The molecule has 0 aliphatic heterocycles. The van der Waals surface area contributed by atoms with Gasteiger partial charge in [-0.05, 0) is 55.6 Å². The van der Waals surface area contributed by atoms with Crippen LogP contribution in [0.25, 0.3) is 0 Å². The molecule has 0 amide bonds. The standard InChI is InChI=1S/C25H36N2O2/c1-6-25(3,4)21-12-14-22(15-13-21)27(29-18-20-10-8-7-9-11-20)23-16-17-26-19(2)24(23)28-5/h7-11,16-17,21-22H,6,12-15,18H2,1-5H3. The van der Waals surface area contributed by atoms with Gasteiger partial charge >= 0.3 is 0 Å². The van der Waals surface area contributed by atoms with Gasteiger partial charge in [0.1, 0.15) is 5.69 Å². The van der Waals surface area contributed by atoms with E-state index in [9.17, 15) is 0 Å². The maximum atomic E-state index is 6.42. The Balaban J connectivity index is 1.81. The Morgan fingerprint density at radius 3 is 2.38 bits per heavy atom.